The van der Waals surface area contributed by atoms with E-state index in [-0.39, 0.29) is 17.5 Å². The predicted molar refractivity (Wildman–Crippen MR) is 90.4 cm³/mol. The molecule has 0 radical (unpaired) electrons. The van der Waals surface area contributed by atoms with Crippen molar-refractivity contribution in [3.05, 3.63) is 41.1 Å². The minimum Gasteiger partial charge on any atom is -0.387 e. The molecule has 22 heavy (non-hydrogen) atoms. The zero-order valence-corrected chi connectivity index (χ0v) is 13.9. The molecule has 118 valence electrons. The van der Waals surface area contributed by atoms with Gasteiger partial charge in [-0.15, -0.1) is 0 Å². The minimum atomic E-state index is -0.367. The normalized spacial score (nSPS) is 12.4. The van der Waals surface area contributed by atoms with Crippen molar-refractivity contribution in [2.75, 3.05) is 5.32 Å². The Balaban J connectivity index is 2.98. The summed E-state index contributed by atoms with van der Waals surface area (Å²) in [6.07, 6.45) is 4.10. The highest BCUT2D eigenvalue weighted by Gasteiger charge is 2.14. The summed E-state index contributed by atoms with van der Waals surface area (Å²) in [6.45, 7) is 8.15. The van der Waals surface area contributed by atoms with Gasteiger partial charge in [-0.2, -0.15) is 5.26 Å². The fourth-order valence-electron chi connectivity index (χ4n) is 2.08. The number of aryl methyl sites for hydroxylation is 2. The molecule has 1 aromatic rings. The third-order valence-corrected chi connectivity index (χ3v) is 3.73. The number of hydrogen-bond donors (Lipinski definition) is 2. The van der Waals surface area contributed by atoms with Gasteiger partial charge in [0.15, 0.2) is 0 Å². The number of anilines is 1. The highest BCUT2D eigenvalue weighted by molar-refractivity contribution is 6.07. The quantitative estimate of drug-likeness (QED) is 0.598. The molecule has 0 aliphatic carbocycles. The molecule has 1 atom stereocenters. The van der Waals surface area contributed by atoms with Crippen LogP contribution in [0.25, 0.3) is 0 Å². The number of para-hydroxylation sites is 1. The van der Waals surface area contributed by atoms with Gasteiger partial charge in [-0.25, -0.2) is 0 Å². The number of nitriles is 1. The van der Waals surface area contributed by atoms with E-state index < -0.39 is 0 Å². The lowest BCUT2D eigenvalue weighted by Crippen LogP contribution is -2.23. The lowest BCUT2D eigenvalue weighted by Gasteiger charge is -2.14. The molecule has 0 spiro atoms. The molecular formula is C18H25N3O. The molecule has 0 bridgehead atoms. The van der Waals surface area contributed by atoms with Gasteiger partial charge in [-0.3, -0.25) is 4.79 Å². The Labute approximate surface area is 133 Å². The molecule has 0 aliphatic heterocycles. The maximum absolute atomic E-state index is 12.3. The van der Waals surface area contributed by atoms with Gasteiger partial charge in [0.25, 0.3) is 5.91 Å². The zero-order valence-electron chi connectivity index (χ0n) is 13.9. The van der Waals surface area contributed by atoms with Crippen LogP contribution in [0.2, 0.25) is 0 Å². The van der Waals surface area contributed by atoms with Crippen molar-refractivity contribution in [3.63, 3.8) is 0 Å². The third-order valence-electron chi connectivity index (χ3n) is 3.73. The lowest BCUT2D eigenvalue weighted by molar-refractivity contribution is -0.112. The Morgan fingerprint density at radius 2 is 1.86 bits per heavy atom. The predicted octanol–water partition coefficient (Wildman–Crippen LogP) is 3.55. The number of hydrogen-bond acceptors (Lipinski definition) is 3. The van der Waals surface area contributed by atoms with Crippen molar-refractivity contribution in [1.82, 2.24) is 5.32 Å². The Morgan fingerprint density at radius 1 is 1.27 bits per heavy atom. The first-order chi connectivity index (χ1) is 10.6. The van der Waals surface area contributed by atoms with Crippen LogP contribution in [0.1, 0.15) is 45.2 Å². The van der Waals surface area contributed by atoms with Gasteiger partial charge in [0.1, 0.15) is 11.6 Å². The van der Waals surface area contributed by atoms with E-state index in [4.69, 9.17) is 0 Å². The van der Waals surface area contributed by atoms with Crippen molar-refractivity contribution in [2.24, 2.45) is 0 Å². The van der Waals surface area contributed by atoms with Gasteiger partial charge < -0.3 is 10.6 Å². The zero-order chi connectivity index (χ0) is 16.5. The van der Waals surface area contributed by atoms with Gasteiger partial charge in [0.05, 0.1) is 0 Å². The van der Waals surface area contributed by atoms with Crippen LogP contribution >= 0.6 is 0 Å². The minimum absolute atomic E-state index is 0.0910. The lowest BCUT2D eigenvalue weighted by atomic mass is 10.0. The first-order valence-corrected chi connectivity index (χ1v) is 7.85. The monoisotopic (exact) mass is 299 g/mol. The van der Waals surface area contributed by atoms with Gasteiger partial charge in [-0.1, -0.05) is 39.0 Å². The van der Waals surface area contributed by atoms with E-state index in [1.807, 2.05) is 38.1 Å². The van der Waals surface area contributed by atoms with Crippen molar-refractivity contribution >= 4 is 11.6 Å². The Bertz CT molecular complexity index is 562. The van der Waals surface area contributed by atoms with Crippen LogP contribution in [0, 0.1) is 11.3 Å². The molecule has 4 heteroatoms. The summed E-state index contributed by atoms with van der Waals surface area (Å²) in [4.78, 5) is 12.3. The molecule has 0 heterocycles. The van der Waals surface area contributed by atoms with Crippen LogP contribution in [0.15, 0.2) is 30.0 Å². The van der Waals surface area contributed by atoms with E-state index in [1.165, 1.54) is 6.20 Å². The standard InChI is InChI=1S/C18H25N3O/c1-5-13(4)20-12-16(11-19)18(22)21-17-14(6-2)9-8-10-15(17)7-3/h8-10,12-13,20H,5-7H2,1-4H3,(H,21,22)/b16-12-. The fourth-order valence-corrected chi connectivity index (χ4v) is 2.08. The average Bonchev–Trinajstić information content (AvgIpc) is 2.55. The molecule has 0 fully saturated rings. The van der Waals surface area contributed by atoms with Crippen molar-refractivity contribution in [1.29, 1.82) is 5.26 Å². The van der Waals surface area contributed by atoms with Gasteiger partial charge in [0, 0.05) is 17.9 Å². The smallest absolute Gasteiger partial charge is 0.267 e. The number of carbonyl (C=O) groups excluding carboxylic acids is 1. The second-order valence-electron chi connectivity index (χ2n) is 5.26. The summed E-state index contributed by atoms with van der Waals surface area (Å²) >= 11 is 0. The van der Waals surface area contributed by atoms with E-state index >= 15 is 0 Å². The van der Waals surface area contributed by atoms with Crippen LogP contribution in [0.4, 0.5) is 5.69 Å². The van der Waals surface area contributed by atoms with Crippen LogP contribution < -0.4 is 10.6 Å². The summed E-state index contributed by atoms with van der Waals surface area (Å²) in [5.74, 6) is -0.367. The topological polar surface area (TPSA) is 64.9 Å². The van der Waals surface area contributed by atoms with Gasteiger partial charge in [0.2, 0.25) is 0 Å². The maximum Gasteiger partial charge on any atom is 0.267 e. The van der Waals surface area contributed by atoms with E-state index in [1.54, 1.807) is 0 Å². The number of amides is 1. The van der Waals surface area contributed by atoms with Crippen LogP contribution in [-0.4, -0.2) is 11.9 Å². The molecule has 1 amide bonds. The summed E-state index contributed by atoms with van der Waals surface area (Å²) < 4.78 is 0. The third kappa shape index (κ3) is 4.63. The molecule has 0 aliphatic rings. The Morgan fingerprint density at radius 3 is 2.32 bits per heavy atom. The Kier molecular flexibility index (Phi) is 7.18. The maximum atomic E-state index is 12.3. The summed E-state index contributed by atoms with van der Waals surface area (Å²) in [5.41, 5.74) is 3.09. The van der Waals surface area contributed by atoms with E-state index in [0.29, 0.717) is 0 Å². The van der Waals surface area contributed by atoms with Gasteiger partial charge >= 0.3 is 0 Å². The largest absolute Gasteiger partial charge is 0.387 e. The molecule has 1 aromatic carbocycles. The molecule has 1 unspecified atom stereocenters. The SMILES string of the molecule is CCc1cccc(CC)c1NC(=O)/C(C#N)=C\NC(C)CC. The summed E-state index contributed by atoms with van der Waals surface area (Å²) in [7, 11) is 0. The fraction of sp³-hybridized carbons (Fsp3) is 0.444. The molecule has 0 saturated heterocycles. The van der Waals surface area contributed by atoms with E-state index in [2.05, 4.69) is 24.5 Å². The number of rotatable bonds is 7. The van der Waals surface area contributed by atoms with Crippen LogP contribution in [0.3, 0.4) is 0 Å². The summed E-state index contributed by atoms with van der Waals surface area (Å²) in [5, 5.41) is 15.2. The van der Waals surface area contributed by atoms with Gasteiger partial charge in [-0.05, 0) is 37.3 Å². The van der Waals surface area contributed by atoms with Crippen molar-refractivity contribution < 1.29 is 4.79 Å². The number of nitrogens with zero attached hydrogens (tertiary/aromatic N) is 1. The molecular weight excluding hydrogens is 274 g/mol. The van der Waals surface area contributed by atoms with Crippen molar-refractivity contribution in [3.8, 4) is 6.07 Å². The molecule has 2 N–H and O–H groups in total. The van der Waals surface area contributed by atoms with Crippen LogP contribution in [-0.2, 0) is 17.6 Å². The number of nitrogens with one attached hydrogen (secondary N) is 2. The first-order valence-electron chi connectivity index (χ1n) is 7.85. The highest BCUT2D eigenvalue weighted by Crippen LogP contribution is 2.23. The molecule has 0 aromatic heterocycles. The van der Waals surface area contributed by atoms with E-state index in [9.17, 15) is 10.1 Å². The highest BCUT2D eigenvalue weighted by atomic mass is 16.1. The van der Waals surface area contributed by atoms with Crippen molar-refractivity contribution in [2.45, 2.75) is 53.0 Å². The number of benzene rings is 1. The average molecular weight is 299 g/mol. The van der Waals surface area contributed by atoms with E-state index in [0.717, 1.165) is 36.1 Å². The summed E-state index contributed by atoms with van der Waals surface area (Å²) in [6, 6.07) is 8.19. The second kappa shape index (κ2) is 8.89. The van der Waals surface area contributed by atoms with Crippen LogP contribution in [0.5, 0.6) is 0 Å². The second-order valence-corrected chi connectivity index (χ2v) is 5.26. The Hall–Kier alpha value is -2.28. The number of carbonyl (C=O) groups is 1. The first kappa shape index (κ1) is 17.8. The molecule has 4 nitrogen and oxygen atoms in total. The molecule has 1 rings (SSSR count). The molecule has 0 saturated carbocycles.